The maximum absolute atomic E-state index is 12.8. The normalized spacial score (nSPS) is 21.1. The van der Waals surface area contributed by atoms with Crippen molar-refractivity contribution in [3.8, 4) is 0 Å². The van der Waals surface area contributed by atoms with E-state index in [1.165, 1.54) is 4.90 Å². The third-order valence-electron chi connectivity index (χ3n) is 5.41. The van der Waals surface area contributed by atoms with Crippen LogP contribution in [-0.2, 0) is 9.59 Å². The summed E-state index contributed by atoms with van der Waals surface area (Å²) in [7, 11) is 0. The van der Waals surface area contributed by atoms with Gasteiger partial charge in [0.25, 0.3) is 5.91 Å². The zero-order valence-corrected chi connectivity index (χ0v) is 17.1. The van der Waals surface area contributed by atoms with E-state index in [1.54, 1.807) is 42.5 Å². The van der Waals surface area contributed by atoms with Gasteiger partial charge in [-0.1, -0.05) is 40.9 Å². The lowest BCUT2D eigenvalue weighted by Crippen LogP contribution is -2.30. The van der Waals surface area contributed by atoms with E-state index in [9.17, 15) is 14.4 Å². The van der Waals surface area contributed by atoms with Gasteiger partial charge in [-0.3, -0.25) is 19.3 Å². The quantitative estimate of drug-likeness (QED) is 0.546. The van der Waals surface area contributed by atoms with Gasteiger partial charge in [0.15, 0.2) is 0 Å². The van der Waals surface area contributed by atoms with Crippen LogP contribution in [0.3, 0.4) is 0 Å². The monoisotopic (exact) mass is 428 g/mol. The summed E-state index contributed by atoms with van der Waals surface area (Å²) in [5, 5.41) is 3.32. The number of allylic oxidation sites excluding steroid dienone is 2. The van der Waals surface area contributed by atoms with Gasteiger partial charge < -0.3 is 5.32 Å². The van der Waals surface area contributed by atoms with Crippen molar-refractivity contribution in [2.24, 2.45) is 11.8 Å². The molecule has 4 rings (SSSR count). The van der Waals surface area contributed by atoms with Crippen molar-refractivity contribution in [1.29, 1.82) is 0 Å². The average Bonchev–Trinajstić information content (AvgIpc) is 2.95. The first-order chi connectivity index (χ1) is 13.9. The molecule has 0 saturated carbocycles. The number of anilines is 2. The van der Waals surface area contributed by atoms with Crippen LogP contribution in [0.1, 0.15) is 30.1 Å². The Morgan fingerprint density at radius 2 is 1.72 bits per heavy atom. The Morgan fingerprint density at radius 1 is 1.03 bits per heavy atom. The molecule has 5 nitrogen and oxygen atoms in total. The van der Waals surface area contributed by atoms with Crippen molar-refractivity contribution < 1.29 is 14.4 Å². The average molecular weight is 429 g/mol. The number of hydrogen-bond donors (Lipinski definition) is 1. The minimum atomic E-state index is -0.367. The van der Waals surface area contributed by atoms with Crippen LogP contribution >= 0.6 is 23.2 Å². The van der Waals surface area contributed by atoms with Gasteiger partial charge in [0.05, 0.1) is 33.3 Å². The number of nitrogens with one attached hydrogen (secondary N) is 1. The Morgan fingerprint density at radius 3 is 2.45 bits per heavy atom. The number of amides is 3. The number of imide groups is 1. The number of carbonyl (C=O) groups is 3. The molecule has 7 heteroatoms. The lowest BCUT2D eigenvalue weighted by Gasteiger charge is -2.18. The van der Waals surface area contributed by atoms with Crippen molar-refractivity contribution in [2.75, 3.05) is 10.2 Å². The summed E-state index contributed by atoms with van der Waals surface area (Å²) < 4.78 is 0. The molecule has 2 aromatic rings. The molecule has 0 aromatic heterocycles. The highest BCUT2D eigenvalue weighted by atomic mass is 35.5. The van der Waals surface area contributed by atoms with E-state index < -0.39 is 0 Å². The Kier molecular flexibility index (Phi) is 5.19. The second-order valence-corrected chi connectivity index (χ2v) is 8.10. The molecule has 1 heterocycles. The second-order valence-electron chi connectivity index (χ2n) is 7.32. The SMILES string of the molecule is CC1=CC[C@H]2C(=O)N(c3ccc(C(=O)Nc4cccc(Cl)c4Cl)cc3)C(=O)[C@@H]2C1. The van der Waals surface area contributed by atoms with Crippen LogP contribution in [0.2, 0.25) is 10.0 Å². The molecule has 1 saturated heterocycles. The fourth-order valence-electron chi connectivity index (χ4n) is 3.85. The number of nitrogens with zero attached hydrogens (tertiary/aromatic N) is 1. The van der Waals surface area contributed by atoms with Gasteiger partial charge in [-0.05, 0) is 56.2 Å². The molecular formula is C22H18Cl2N2O3. The third kappa shape index (κ3) is 3.56. The molecule has 2 atom stereocenters. The Hall–Kier alpha value is -2.63. The van der Waals surface area contributed by atoms with E-state index >= 15 is 0 Å². The number of hydrogen-bond acceptors (Lipinski definition) is 3. The first-order valence-electron chi connectivity index (χ1n) is 9.25. The standard InChI is InChI=1S/C22H18Cl2N2O3/c1-12-5-10-15-16(11-12)22(29)26(21(15)28)14-8-6-13(7-9-14)20(27)25-18-4-2-3-17(23)19(18)24/h2-9,15-16H,10-11H2,1H3,(H,25,27)/t15-,16-/m1/s1. The lowest BCUT2D eigenvalue weighted by atomic mass is 9.82. The topological polar surface area (TPSA) is 66.5 Å². The highest BCUT2D eigenvalue weighted by molar-refractivity contribution is 6.44. The molecule has 1 N–H and O–H groups in total. The number of fused-ring (bicyclic) bond motifs is 1. The molecule has 0 spiro atoms. The predicted molar refractivity (Wildman–Crippen MR) is 113 cm³/mol. The van der Waals surface area contributed by atoms with Crippen molar-refractivity contribution in [2.45, 2.75) is 19.8 Å². The van der Waals surface area contributed by atoms with Gasteiger partial charge in [-0.15, -0.1) is 0 Å². The Bertz CT molecular complexity index is 1050. The van der Waals surface area contributed by atoms with E-state index in [0.29, 0.717) is 34.8 Å². The zero-order chi connectivity index (χ0) is 20.7. The maximum atomic E-state index is 12.8. The van der Waals surface area contributed by atoms with Crippen LogP contribution in [0.25, 0.3) is 0 Å². The lowest BCUT2D eigenvalue weighted by molar-refractivity contribution is -0.122. The van der Waals surface area contributed by atoms with E-state index in [2.05, 4.69) is 5.32 Å². The molecule has 0 bridgehead atoms. The molecule has 1 aliphatic carbocycles. The van der Waals surface area contributed by atoms with Gasteiger partial charge in [-0.2, -0.15) is 0 Å². The smallest absolute Gasteiger partial charge is 0.255 e. The van der Waals surface area contributed by atoms with Gasteiger partial charge in [0.1, 0.15) is 0 Å². The Labute approximate surface area is 178 Å². The van der Waals surface area contributed by atoms with Gasteiger partial charge >= 0.3 is 0 Å². The van der Waals surface area contributed by atoms with Crippen molar-refractivity contribution >= 4 is 52.3 Å². The molecule has 1 fully saturated rings. The first-order valence-corrected chi connectivity index (χ1v) is 10.0. The van der Waals surface area contributed by atoms with Gasteiger partial charge in [-0.25, -0.2) is 0 Å². The zero-order valence-electron chi connectivity index (χ0n) is 15.6. The fourth-order valence-corrected chi connectivity index (χ4v) is 4.20. The van der Waals surface area contributed by atoms with E-state index in [4.69, 9.17) is 23.2 Å². The van der Waals surface area contributed by atoms with E-state index in [0.717, 1.165) is 5.57 Å². The predicted octanol–water partition coefficient (Wildman–Crippen LogP) is 5.09. The van der Waals surface area contributed by atoms with Crippen molar-refractivity contribution in [3.05, 3.63) is 69.7 Å². The molecule has 2 aromatic carbocycles. The van der Waals surface area contributed by atoms with E-state index in [1.807, 2.05) is 13.0 Å². The van der Waals surface area contributed by atoms with Crippen LogP contribution in [0.4, 0.5) is 11.4 Å². The summed E-state index contributed by atoms with van der Waals surface area (Å²) in [6, 6.07) is 11.4. The minimum absolute atomic E-state index is 0.171. The number of rotatable bonds is 3. The molecule has 0 radical (unpaired) electrons. The molecule has 0 unspecified atom stereocenters. The summed E-state index contributed by atoms with van der Waals surface area (Å²) in [5.41, 5.74) is 2.40. The van der Waals surface area contributed by atoms with Crippen LogP contribution in [0.15, 0.2) is 54.1 Å². The number of benzene rings is 2. The van der Waals surface area contributed by atoms with Crippen molar-refractivity contribution in [1.82, 2.24) is 0 Å². The highest BCUT2D eigenvalue weighted by Gasteiger charge is 2.48. The summed E-state index contributed by atoms with van der Waals surface area (Å²) in [6.45, 7) is 1.98. The Balaban J connectivity index is 1.52. The third-order valence-corrected chi connectivity index (χ3v) is 6.23. The van der Waals surface area contributed by atoms with Crippen molar-refractivity contribution in [3.63, 3.8) is 0 Å². The summed E-state index contributed by atoms with van der Waals surface area (Å²) in [4.78, 5) is 39.3. The van der Waals surface area contributed by atoms with Crippen LogP contribution < -0.4 is 10.2 Å². The van der Waals surface area contributed by atoms with Gasteiger partial charge in [0, 0.05) is 5.56 Å². The number of halogens is 2. The first kappa shape index (κ1) is 19.7. The van der Waals surface area contributed by atoms with Gasteiger partial charge in [0.2, 0.25) is 11.8 Å². The number of carbonyl (C=O) groups excluding carboxylic acids is 3. The largest absolute Gasteiger partial charge is 0.321 e. The molecular weight excluding hydrogens is 411 g/mol. The maximum Gasteiger partial charge on any atom is 0.255 e. The highest BCUT2D eigenvalue weighted by Crippen LogP contribution is 2.39. The van der Waals surface area contributed by atoms with Crippen LogP contribution in [-0.4, -0.2) is 17.7 Å². The molecule has 29 heavy (non-hydrogen) atoms. The van der Waals surface area contributed by atoms with Crippen LogP contribution in [0.5, 0.6) is 0 Å². The summed E-state index contributed by atoms with van der Waals surface area (Å²) in [6.07, 6.45) is 3.25. The molecule has 3 amide bonds. The second kappa shape index (κ2) is 7.65. The molecule has 148 valence electrons. The van der Waals surface area contributed by atoms with E-state index in [-0.39, 0.29) is 34.6 Å². The summed E-state index contributed by atoms with van der Waals surface area (Å²) in [5.74, 6) is -1.30. The van der Waals surface area contributed by atoms with Crippen LogP contribution in [0, 0.1) is 11.8 Å². The molecule has 1 aliphatic heterocycles. The minimum Gasteiger partial charge on any atom is -0.321 e. The summed E-state index contributed by atoms with van der Waals surface area (Å²) >= 11 is 12.1. The fraction of sp³-hybridized carbons (Fsp3) is 0.227. The molecule has 2 aliphatic rings.